The second kappa shape index (κ2) is 7.93. The fourth-order valence-corrected chi connectivity index (χ4v) is 3.80. The lowest BCUT2D eigenvalue weighted by Gasteiger charge is -2.14. The first-order valence-corrected chi connectivity index (χ1v) is 10.0. The fourth-order valence-electron chi connectivity index (χ4n) is 3.44. The normalized spacial score (nSPS) is 14.6. The van der Waals surface area contributed by atoms with Gasteiger partial charge in [-0.2, -0.15) is 10.1 Å². The van der Waals surface area contributed by atoms with Gasteiger partial charge in [-0.3, -0.25) is 10.1 Å². The molecule has 1 aliphatic rings. The third kappa shape index (κ3) is 3.65. The van der Waals surface area contributed by atoms with Crippen LogP contribution in [0.15, 0.2) is 6.20 Å². The van der Waals surface area contributed by atoms with Crippen molar-refractivity contribution in [2.75, 3.05) is 13.7 Å². The number of methoxy groups -OCH3 is 1. The van der Waals surface area contributed by atoms with Crippen LogP contribution in [0.2, 0.25) is 10.4 Å². The van der Waals surface area contributed by atoms with Crippen LogP contribution in [0.3, 0.4) is 0 Å². The molecule has 0 atom stereocenters. The van der Waals surface area contributed by atoms with Crippen LogP contribution in [0.25, 0.3) is 11.0 Å². The maximum atomic E-state index is 12.2. The summed E-state index contributed by atoms with van der Waals surface area (Å²) in [4.78, 5) is 31.2. The number of carbonyl (C=O) groups excluding carboxylic acids is 1. The first-order valence-electron chi connectivity index (χ1n) is 9.29. The first-order chi connectivity index (χ1) is 14.8. The van der Waals surface area contributed by atoms with E-state index in [2.05, 4.69) is 20.2 Å². The number of nitrogens with zero attached hydrogens (tertiary/aromatic N) is 7. The number of aryl methyl sites for hydroxylation is 1. The Labute approximate surface area is 185 Å². The predicted molar refractivity (Wildman–Crippen MR) is 108 cm³/mol. The Morgan fingerprint density at radius 1 is 1.35 bits per heavy atom. The van der Waals surface area contributed by atoms with Crippen LogP contribution in [0.5, 0.6) is 5.88 Å². The molecule has 31 heavy (non-hydrogen) atoms. The van der Waals surface area contributed by atoms with Gasteiger partial charge in [-0.25, -0.2) is 19.1 Å². The Hall–Kier alpha value is -2.99. The molecule has 0 bridgehead atoms. The Kier molecular flexibility index (Phi) is 5.43. The Balaban J connectivity index is 1.49. The summed E-state index contributed by atoms with van der Waals surface area (Å²) in [5.74, 6) is -0.631. The molecule has 3 heterocycles. The molecule has 0 radical (unpaired) electrons. The molecule has 14 heteroatoms. The topological polar surface area (TPSA) is 140 Å². The van der Waals surface area contributed by atoms with Crippen molar-refractivity contribution in [1.82, 2.24) is 29.5 Å². The minimum atomic E-state index is -1.01. The van der Waals surface area contributed by atoms with Gasteiger partial charge in [-0.15, -0.1) is 5.10 Å². The molecule has 0 unspecified atom stereocenters. The summed E-state index contributed by atoms with van der Waals surface area (Å²) in [5.41, 5.74) is -0.569. The average molecular weight is 470 g/mol. The lowest BCUT2D eigenvalue weighted by molar-refractivity contribution is -0.386. The van der Waals surface area contributed by atoms with Gasteiger partial charge in [0.1, 0.15) is 5.69 Å². The molecule has 0 aromatic carbocycles. The largest absolute Gasteiger partial charge is 0.472 e. The summed E-state index contributed by atoms with van der Waals surface area (Å²) in [7, 11) is 1.27. The molecule has 0 spiro atoms. The zero-order valence-electron chi connectivity index (χ0n) is 16.5. The number of ether oxygens (including phenoxy) is 2. The summed E-state index contributed by atoms with van der Waals surface area (Å²) in [5, 5.41) is 20.9. The number of halogens is 2. The minimum absolute atomic E-state index is 0.0674. The molecule has 3 aromatic rings. The van der Waals surface area contributed by atoms with Crippen LogP contribution in [-0.4, -0.2) is 54.1 Å². The number of nitro groups is 1. The van der Waals surface area contributed by atoms with Gasteiger partial charge < -0.3 is 9.47 Å². The highest BCUT2D eigenvalue weighted by Crippen LogP contribution is 2.47. The molecule has 1 saturated carbocycles. The maximum Gasteiger partial charge on any atom is 0.353 e. The number of hydrogen-bond donors (Lipinski definition) is 0. The highest BCUT2D eigenvalue weighted by Gasteiger charge is 2.56. The van der Waals surface area contributed by atoms with E-state index >= 15 is 0 Å². The summed E-state index contributed by atoms with van der Waals surface area (Å²) in [6, 6.07) is 0. The molecule has 0 saturated heterocycles. The van der Waals surface area contributed by atoms with Gasteiger partial charge in [0, 0.05) is 19.2 Å². The Bertz CT molecular complexity index is 1190. The molecule has 0 amide bonds. The van der Waals surface area contributed by atoms with E-state index in [-0.39, 0.29) is 34.3 Å². The molecule has 0 N–H and O–H groups in total. The molecule has 12 nitrogen and oxygen atoms in total. The summed E-state index contributed by atoms with van der Waals surface area (Å²) in [6.45, 7) is 2.01. The third-order valence-electron chi connectivity index (χ3n) is 5.10. The molecule has 4 rings (SSSR count). The van der Waals surface area contributed by atoms with Crippen LogP contribution < -0.4 is 4.74 Å². The van der Waals surface area contributed by atoms with Crippen LogP contribution in [0.4, 0.5) is 5.69 Å². The van der Waals surface area contributed by atoms with Gasteiger partial charge in [0.05, 0.1) is 24.0 Å². The van der Waals surface area contributed by atoms with Gasteiger partial charge in [0.25, 0.3) is 0 Å². The number of aromatic nitrogens is 6. The lowest BCUT2D eigenvalue weighted by Crippen LogP contribution is -2.30. The number of fused-ring (bicyclic) bond motifs is 1. The smallest absolute Gasteiger partial charge is 0.353 e. The summed E-state index contributed by atoms with van der Waals surface area (Å²) < 4.78 is 13.3. The molecule has 1 fully saturated rings. The van der Waals surface area contributed by atoms with Gasteiger partial charge in [-0.1, -0.05) is 11.6 Å². The summed E-state index contributed by atoms with van der Waals surface area (Å²) >= 11 is 11.9. The van der Waals surface area contributed by atoms with Crippen LogP contribution in [0, 0.1) is 17.0 Å². The Morgan fingerprint density at radius 3 is 2.74 bits per heavy atom. The number of rotatable bonds is 8. The zero-order valence-corrected chi connectivity index (χ0v) is 18.1. The molecule has 1 aliphatic carbocycles. The van der Waals surface area contributed by atoms with Gasteiger partial charge in [0.2, 0.25) is 5.28 Å². The second-order valence-electron chi connectivity index (χ2n) is 7.02. The fraction of sp³-hybridized carbons (Fsp3) is 0.471. The number of esters is 1. The van der Waals surface area contributed by atoms with Crippen molar-refractivity contribution < 1.29 is 19.2 Å². The van der Waals surface area contributed by atoms with E-state index in [4.69, 9.17) is 32.7 Å². The van der Waals surface area contributed by atoms with E-state index in [1.165, 1.54) is 24.9 Å². The van der Waals surface area contributed by atoms with E-state index < -0.39 is 16.4 Å². The molecule has 164 valence electrons. The van der Waals surface area contributed by atoms with Crippen molar-refractivity contribution in [1.29, 1.82) is 0 Å². The minimum Gasteiger partial charge on any atom is -0.472 e. The average Bonchev–Trinajstić information content (AvgIpc) is 3.39. The number of hydrogen-bond acceptors (Lipinski definition) is 9. The van der Waals surface area contributed by atoms with E-state index in [0.717, 1.165) is 0 Å². The highest BCUT2D eigenvalue weighted by molar-refractivity contribution is 6.34. The lowest BCUT2D eigenvalue weighted by atomic mass is 10.2. The first kappa shape index (κ1) is 21.2. The second-order valence-corrected chi connectivity index (χ2v) is 7.72. The van der Waals surface area contributed by atoms with Crippen molar-refractivity contribution >= 4 is 45.9 Å². The standard InChI is InChI=1S/C17H17Cl2N7O5/c1-9-11(26(28)29)14(23-25(9)17(4-5-17)15(27)30-2)31-7-3-6-24-13-10(12(18)22-24)8-20-16(19)21-13/h8H,3-7H2,1-2H3. The quantitative estimate of drug-likeness (QED) is 0.160. The van der Waals surface area contributed by atoms with Crippen LogP contribution in [0.1, 0.15) is 25.0 Å². The van der Waals surface area contributed by atoms with E-state index in [1.807, 2.05) is 0 Å². The van der Waals surface area contributed by atoms with Gasteiger partial charge in [-0.05, 0) is 31.4 Å². The van der Waals surface area contributed by atoms with Crippen molar-refractivity contribution in [2.24, 2.45) is 0 Å². The number of carbonyl (C=O) groups is 1. The maximum absolute atomic E-state index is 12.2. The summed E-state index contributed by atoms with van der Waals surface area (Å²) in [6.07, 6.45) is 2.91. The van der Waals surface area contributed by atoms with E-state index in [1.54, 1.807) is 4.68 Å². The molecular weight excluding hydrogens is 453 g/mol. The Morgan fingerprint density at radius 2 is 2.10 bits per heavy atom. The molecule has 0 aliphatic heterocycles. The molecule has 3 aromatic heterocycles. The van der Waals surface area contributed by atoms with E-state index in [0.29, 0.717) is 36.8 Å². The van der Waals surface area contributed by atoms with Gasteiger partial charge in [0.15, 0.2) is 16.3 Å². The monoisotopic (exact) mass is 469 g/mol. The molecular formula is C17H17Cl2N7O5. The van der Waals surface area contributed by atoms with Crippen molar-refractivity contribution in [2.45, 2.75) is 38.3 Å². The van der Waals surface area contributed by atoms with Crippen molar-refractivity contribution in [3.05, 3.63) is 32.4 Å². The zero-order chi connectivity index (χ0) is 22.3. The van der Waals surface area contributed by atoms with Crippen LogP contribution >= 0.6 is 23.2 Å². The van der Waals surface area contributed by atoms with Crippen molar-refractivity contribution in [3.63, 3.8) is 0 Å². The van der Waals surface area contributed by atoms with Gasteiger partial charge >= 0.3 is 17.5 Å². The highest BCUT2D eigenvalue weighted by atomic mass is 35.5. The van der Waals surface area contributed by atoms with Crippen molar-refractivity contribution in [3.8, 4) is 5.88 Å². The van der Waals surface area contributed by atoms with E-state index in [9.17, 15) is 14.9 Å². The third-order valence-corrected chi connectivity index (χ3v) is 5.56. The predicted octanol–water partition coefficient (Wildman–Crippen LogP) is 2.68. The SMILES string of the molecule is COC(=O)C1(n2nc(OCCCn3nc(Cl)c4cnc(Cl)nc43)c([N+](=O)[O-])c2C)CC1. The van der Waals surface area contributed by atoms with Crippen LogP contribution in [-0.2, 0) is 21.6 Å².